The van der Waals surface area contributed by atoms with E-state index in [1.165, 1.54) is 44.0 Å². The van der Waals surface area contributed by atoms with E-state index in [0.717, 1.165) is 18.0 Å². The minimum absolute atomic E-state index is 0.655. The van der Waals surface area contributed by atoms with Gasteiger partial charge in [0.05, 0.1) is 11.0 Å². The number of aryl methyl sites for hydroxylation is 1. The highest BCUT2D eigenvalue weighted by Gasteiger charge is 2.15. The Hall–Kier alpha value is -1.51. The summed E-state index contributed by atoms with van der Waals surface area (Å²) < 4.78 is 2.16. The van der Waals surface area contributed by atoms with Gasteiger partial charge in [-0.25, -0.2) is 4.98 Å². The molecule has 1 aromatic carbocycles. The van der Waals surface area contributed by atoms with E-state index in [0.29, 0.717) is 5.95 Å². The lowest BCUT2D eigenvalue weighted by Gasteiger charge is -2.10. The average molecular weight is 243 g/mol. The van der Waals surface area contributed by atoms with Crippen molar-refractivity contribution in [3.63, 3.8) is 0 Å². The fourth-order valence-corrected chi connectivity index (χ4v) is 3.17. The number of imidazole rings is 1. The van der Waals surface area contributed by atoms with Crippen LogP contribution < -0.4 is 5.73 Å². The first-order chi connectivity index (χ1) is 8.84. The summed E-state index contributed by atoms with van der Waals surface area (Å²) in [6.45, 7) is 1.00. The highest BCUT2D eigenvalue weighted by molar-refractivity contribution is 5.78. The van der Waals surface area contributed by atoms with E-state index in [1.807, 2.05) is 12.1 Å². The summed E-state index contributed by atoms with van der Waals surface area (Å²) in [6, 6.07) is 8.20. The van der Waals surface area contributed by atoms with Gasteiger partial charge in [-0.3, -0.25) is 0 Å². The molecule has 0 radical (unpaired) electrons. The number of nitrogens with zero attached hydrogens (tertiary/aromatic N) is 2. The molecule has 1 aromatic heterocycles. The van der Waals surface area contributed by atoms with E-state index >= 15 is 0 Å². The predicted molar refractivity (Wildman–Crippen MR) is 75.3 cm³/mol. The molecule has 0 aliphatic heterocycles. The zero-order chi connectivity index (χ0) is 12.4. The van der Waals surface area contributed by atoms with E-state index in [9.17, 15) is 0 Å². The molecule has 1 aliphatic carbocycles. The number of hydrogen-bond donors (Lipinski definition) is 1. The van der Waals surface area contributed by atoms with Crippen molar-refractivity contribution in [1.82, 2.24) is 9.55 Å². The summed E-state index contributed by atoms with van der Waals surface area (Å²) in [5.41, 5.74) is 8.18. The molecule has 18 heavy (non-hydrogen) atoms. The lowest BCUT2D eigenvalue weighted by atomic mass is 10.0. The molecule has 0 spiro atoms. The van der Waals surface area contributed by atoms with Gasteiger partial charge in [-0.1, -0.05) is 37.8 Å². The molecule has 1 fully saturated rings. The molecule has 3 rings (SSSR count). The SMILES string of the molecule is Nc1nc2ccccc2n1CCCC1CCCC1. The highest BCUT2D eigenvalue weighted by atomic mass is 15.1. The van der Waals surface area contributed by atoms with E-state index in [2.05, 4.69) is 21.7 Å². The maximum Gasteiger partial charge on any atom is 0.201 e. The summed E-state index contributed by atoms with van der Waals surface area (Å²) in [6.07, 6.45) is 8.28. The van der Waals surface area contributed by atoms with Crippen LogP contribution in [0.3, 0.4) is 0 Å². The number of benzene rings is 1. The van der Waals surface area contributed by atoms with Gasteiger partial charge in [0.15, 0.2) is 0 Å². The number of aromatic nitrogens is 2. The van der Waals surface area contributed by atoms with Crippen LogP contribution in [-0.4, -0.2) is 9.55 Å². The molecule has 3 heteroatoms. The van der Waals surface area contributed by atoms with Crippen molar-refractivity contribution < 1.29 is 0 Å². The number of nitrogen functional groups attached to an aromatic ring is 1. The summed E-state index contributed by atoms with van der Waals surface area (Å²) in [4.78, 5) is 4.40. The third kappa shape index (κ3) is 2.22. The van der Waals surface area contributed by atoms with Crippen LogP contribution in [0.2, 0.25) is 0 Å². The molecule has 1 saturated carbocycles. The third-order valence-electron chi connectivity index (χ3n) is 4.15. The molecular formula is C15H21N3. The number of anilines is 1. The molecule has 0 saturated heterocycles. The number of fused-ring (bicyclic) bond motifs is 1. The van der Waals surface area contributed by atoms with Crippen LogP contribution in [0.15, 0.2) is 24.3 Å². The quantitative estimate of drug-likeness (QED) is 0.891. The molecule has 0 unspecified atom stereocenters. The highest BCUT2D eigenvalue weighted by Crippen LogP contribution is 2.29. The summed E-state index contributed by atoms with van der Waals surface area (Å²) in [5, 5.41) is 0. The molecule has 2 N–H and O–H groups in total. The van der Waals surface area contributed by atoms with Gasteiger partial charge >= 0.3 is 0 Å². The van der Waals surface area contributed by atoms with Crippen molar-refractivity contribution in [2.24, 2.45) is 5.92 Å². The maximum absolute atomic E-state index is 6.00. The standard InChI is InChI=1S/C15H21N3/c16-15-17-13-9-3-4-10-14(13)18(15)11-5-8-12-6-1-2-7-12/h3-4,9-10,12H,1-2,5-8,11H2,(H2,16,17). The van der Waals surface area contributed by atoms with Gasteiger partial charge < -0.3 is 10.3 Å². The monoisotopic (exact) mass is 243 g/mol. The van der Waals surface area contributed by atoms with Crippen LogP contribution in [0.1, 0.15) is 38.5 Å². The topological polar surface area (TPSA) is 43.8 Å². The molecule has 96 valence electrons. The third-order valence-corrected chi connectivity index (χ3v) is 4.15. The normalized spacial score (nSPS) is 16.7. The van der Waals surface area contributed by atoms with Crippen molar-refractivity contribution in [2.45, 2.75) is 45.1 Å². The van der Waals surface area contributed by atoms with Gasteiger partial charge in [0.25, 0.3) is 0 Å². The van der Waals surface area contributed by atoms with Crippen LogP contribution >= 0.6 is 0 Å². The molecule has 3 nitrogen and oxygen atoms in total. The van der Waals surface area contributed by atoms with Crippen LogP contribution in [0.25, 0.3) is 11.0 Å². The Morgan fingerprint density at radius 3 is 2.83 bits per heavy atom. The lowest BCUT2D eigenvalue weighted by molar-refractivity contribution is 0.462. The molecular weight excluding hydrogens is 222 g/mol. The number of nitrogens with two attached hydrogens (primary N) is 1. The van der Waals surface area contributed by atoms with Crippen LogP contribution in [0, 0.1) is 5.92 Å². The first-order valence-electron chi connectivity index (χ1n) is 7.05. The molecule has 0 amide bonds. The number of para-hydroxylation sites is 2. The van der Waals surface area contributed by atoms with Gasteiger partial charge in [0.1, 0.15) is 0 Å². The Kier molecular flexibility index (Phi) is 3.22. The largest absolute Gasteiger partial charge is 0.369 e. The van der Waals surface area contributed by atoms with Crippen molar-refractivity contribution >= 4 is 17.0 Å². The van der Waals surface area contributed by atoms with Gasteiger partial charge in [-0.05, 0) is 30.9 Å². The van der Waals surface area contributed by atoms with E-state index in [4.69, 9.17) is 5.73 Å². The molecule has 2 aromatic rings. The van der Waals surface area contributed by atoms with Gasteiger partial charge in [-0.2, -0.15) is 0 Å². The Balaban J connectivity index is 1.68. The van der Waals surface area contributed by atoms with Crippen LogP contribution in [0.4, 0.5) is 5.95 Å². The fourth-order valence-electron chi connectivity index (χ4n) is 3.17. The van der Waals surface area contributed by atoms with Crippen molar-refractivity contribution in [3.05, 3.63) is 24.3 Å². The second kappa shape index (κ2) is 5.01. The van der Waals surface area contributed by atoms with E-state index in [-0.39, 0.29) is 0 Å². The first kappa shape index (κ1) is 11.6. The van der Waals surface area contributed by atoms with Crippen molar-refractivity contribution in [3.8, 4) is 0 Å². The predicted octanol–water partition coefficient (Wildman–Crippen LogP) is 3.59. The molecule has 0 atom stereocenters. The van der Waals surface area contributed by atoms with E-state index in [1.54, 1.807) is 0 Å². The van der Waals surface area contributed by atoms with Crippen molar-refractivity contribution in [1.29, 1.82) is 0 Å². The summed E-state index contributed by atoms with van der Waals surface area (Å²) in [7, 11) is 0. The second-order valence-corrected chi connectivity index (χ2v) is 5.40. The van der Waals surface area contributed by atoms with Gasteiger partial charge in [0.2, 0.25) is 5.95 Å². The number of hydrogen-bond acceptors (Lipinski definition) is 2. The molecule has 0 bridgehead atoms. The molecule has 1 heterocycles. The minimum atomic E-state index is 0.655. The van der Waals surface area contributed by atoms with Gasteiger partial charge in [0, 0.05) is 6.54 Å². The Labute approximate surface area is 108 Å². The van der Waals surface area contributed by atoms with Crippen molar-refractivity contribution in [2.75, 3.05) is 5.73 Å². The second-order valence-electron chi connectivity index (χ2n) is 5.40. The Morgan fingerprint density at radius 2 is 2.00 bits per heavy atom. The first-order valence-corrected chi connectivity index (χ1v) is 7.05. The Bertz CT molecular complexity index is 524. The zero-order valence-corrected chi connectivity index (χ0v) is 10.8. The average Bonchev–Trinajstić information content (AvgIpc) is 2.98. The van der Waals surface area contributed by atoms with Crippen LogP contribution in [0.5, 0.6) is 0 Å². The minimum Gasteiger partial charge on any atom is -0.369 e. The smallest absolute Gasteiger partial charge is 0.201 e. The van der Waals surface area contributed by atoms with E-state index < -0.39 is 0 Å². The summed E-state index contributed by atoms with van der Waals surface area (Å²) in [5.74, 6) is 1.61. The maximum atomic E-state index is 6.00. The van der Waals surface area contributed by atoms with Gasteiger partial charge in [-0.15, -0.1) is 0 Å². The summed E-state index contributed by atoms with van der Waals surface area (Å²) >= 11 is 0. The lowest BCUT2D eigenvalue weighted by Crippen LogP contribution is -2.05. The zero-order valence-electron chi connectivity index (χ0n) is 10.8. The Morgan fingerprint density at radius 1 is 1.22 bits per heavy atom. The molecule has 1 aliphatic rings. The number of rotatable bonds is 4. The van der Waals surface area contributed by atoms with Crippen LogP contribution in [-0.2, 0) is 6.54 Å². The fraction of sp³-hybridized carbons (Fsp3) is 0.533.